The maximum atomic E-state index is 4.36. The van der Waals surface area contributed by atoms with Crippen LogP contribution in [0.25, 0.3) is 0 Å². The van der Waals surface area contributed by atoms with Gasteiger partial charge in [0.15, 0.2) is 5.13 Å². The van der Waals surface area contributed by atoms with Gasteiger partial charge in [-0.05, 0) is 19.3 Å². The fraction of sp³-hybridized carbons (Fsp3) is 0.667. The molecule has 13 heavy (non-hydrogen) atoms. The van der Waals surface area contributed by atoms with Gasteiger partial charge in [-0.1, -0.05) is 15.9 Å². The molecule has 1 aromatic heterocycles. The number of halogens is 1. The standard InChI is InChI=1S/C9H13BrN2S/c10-7-8-3-1-2-5-12(8)9-11-4-6-13-9/h4,6,8H,1-3,5,7H2. The topological polar surface area (TPSA) is 16.1 Å². The van der Waals surface area contributed by atoms with E-state index in [0.29, 0.717) is 6.04 Å². The van der Waals surface area contributed by atoms with Crippen molar-refractivity contribution in [1.82, 2.24) is 4.98 Å². The van der Waals surface area contributed by atoms with Gasteiger partial charge in [0.25, 0.3) is 0 Å². The number of hydrogen-bond acceptors (Lipinski definition) is 3. The van der Waals surface area contributed by atoms with Gasteiger partial charge < -0.3 is 4.90 Å². The van der Waals surface area contributed by atoms with Crippen LogP contribution in [0.5, 0.6) is 0 Å². The lowest BCUT2D eigenvalue weighted by Crippen LogP contribution is -2.40. The van der Waals surface area contributed by atoms with Crippen molar-refractivity contribution in [2.24, 2.45) is 0 Å². The van der Waals surface area contributed by atoms with Crippen molar-refractivity contribution in [3.8, 4) is 0 Å². The predicted octanol–water partition coefficient (Wildman–Crippen LogP) is 2.90. The summed E-state index contributed by atoms with van der Waals surface area (Å²) in [7, 11) is 0. The van der Waals surface area contributed by atoms with E-state index in [4.69, 9.17) is 0 Å². The van der Waals surface area contributed by atoms with Crippen molar-refractivity contribution in [3.05, 3.63) is 11.6 Å². The number of anilines is 1. The van der Waals surface area contributed by atoms with E-state index < -0.39 is 0 Å². The first kappa shape index (κ1) is 9.46. The Bertz CT molecular complexity index is 250. The minimum Gasteiger partial charge on any atom is -0.344 e. The summed E-state index contributed by atoms with van der Waals surface area (Å²) in [4.78, 5) is 6.80. The van der Waals surface area contributed by atoms with Gasteiger partial charge in [0.05, 0.1) is 0 Å². The maximum Gasteiger partial charge on any atom is 0.185 e. The van der Waals surface area contributed by atoms with Crippen LogP contribution in [0.3, 0.4) is 0 Å². The molecule has 1 aromatic rings. The van der Waals surface area contributed by atoms with E-state index in [1.54, 1.807) is 11.3 Å². The average molecular weight is 261 g/mol. The number of piperidine rings is 1. The van der Waals surface area contributed by atoms with E-state index in [0.717, 1.165) is 5.33 Å². The average Bonchev–Trinajstić information content (AvgIpc) is 2.70. The van der Waals surface area contributed by atoms with Gasteiger partial charge in [-0.2, -0.15) is 0 Å². The fourth-order valence-electron chi connectivity index (χ4n) is 1.77. The highest BCUT2D eigenvalue weighted by atomic mass is 79.9. The Kier molecular flexibility index (Phi) is 3.22. The van der Waals surface area contributed by atoms with Gasteiger partial charge in [0, 0.05) is 29.5 Å². The van der Waals surface area contributed by atoms with Crippen LogP contribution in [0.4, 0.5) is 5.13 Å². The lowest BCUT2D eigenvalue weighted by Gasteiger charge is -2.34. The second kappa shape index (κ2) is 4.42. The van der Waals surface area contributed by atoms with Gasteiger partial charge in [-0.25, -0.2) is 4.98 Å². The molecule has 0 N–H and O–H groups in total. The third-order valence-corrected chi connectivity index (χ3v) is 4.03. The Hall–Kier alpha value is -0.0900. The van der Waals surface area contributed by atoms with Crippen LogP contribution >= 0.6 is 27.3 Å². The molecule has 0 spiro atoms. The minimum absolute atomic E-state index is 0.653. The molecule has 2 nitrogen and oxygen atoms in total. The van der Waals surface area contributed by atoms with E-state index in [-0.39, 0.29) is 0 Å². The highest BCUT2D eigenvalue weighted by Crippen LogP contribution is 2.27. The predicted molar refractivity (Wildman–Crippen MR) is 60.9 cm³/mol. The molecule has 1 atom stereocenters. The molecule has 0 bridgehead atoms. The van der Waals surface area contributed by atoms with Crippen molar-refractivity contribution >= 4 is 32.4 Å². The molecule has 0 saturated carbocycles. The number of nitrogens with zero attached hydrogens (tertiary/aromatic N) is 2. The Morgan fingerprint density at radius 1 is 1.62 bits per heavy atom. The number of hydrogen-bond donors (Lipinski definition) is 0. The molecule has 0 aromatic carbocycles. The molecule has 1 fully saturated rings. The van der Waals surface area contributed by atoms with Gasteiger partial charge in [-0.3, -0.25) is 0 Å². The summed E-state index contributed by atoms with van der Waals surface area (Å²) in [5.74, 6) is 0. The van der Waals surface area contributed by atoms with Crippen molar-refractivity contribution in [2.75, 3.05) is 16.8 Å². The smallest absolute Gasteiger partial charge is 0.185 e. The first-order valence-corrected chi connectivity index (χ1v) is 6.64. The van der Waals surface area contributed by atoms with Gasteiger partial charge in [0.2, 0.25) is 0 Å². The highest BCUT2D eigenvalue weighted by Gasteiger charge is 2.22. The van der Waals surface area contributed by atoms with Gasteiger partial charge >= 0.3 is 0 Å². The van der Waals surface area contributed by atoms with E-state index in [9.17, 15) is 0 Å². The third kappa shape index (κ3) is 2.05. The molecule has 72 valence electrons. The summed E-state index contributed by atoms with van der Waals surface area (Å²) in [5, 5.41) is 4.30. The minimum atomic E-state index is 0.653. The number of alkyl halides is 1. The third-order valence-electron chi connectivity index (χ3n) is 2.47. The SMILES string of the molecule is BrCC1CCCCN1c1nccs1. The molecule has 0 radical (unpaired) electrons. The number of rotatable bonds is 2. The quantitative estimate of drug-likeness (QED) is 0.761. The van der Waals surface area contributed by atoms with Crippen LogP contribution in [-0.2, 0) is 0 Å². The molecule has 0 amide bonds. The summed E-state index contributed by atoms with van der Waals surface area (Å²) in [6.45, 7) is 1.17. The summed E-state index contributed by atoms with van der Waals surface area (Å²) >= 11 is 5.31. The largest absolute Gasteiger partial charge is 0.344 e. The normalized spacial score (nSPS) is 23.5. The second-order valence-corrected chi connectivity index (χ2v) is 4.83. The Morgan fingerprint density at radius 3 is 3.23 bits per heavy atom. The summed E-state index contributed by atoms with van der Waals surface area (Å²) in [6.07, 6.45) is 5.85. The zero-order valence-electron chi connectivity index (χ0n) is 7.45. The van der Waals surface area contributed by atoms with Crippen molar-refractivity contribution < 1.29 is 0 Å². The molecule has 2 rings (SSSR count). The van der Waals surface area contributed by atoms with Crippen LogP contribution in [-0.4, -0.2) is 22.9 Å². The molecular weight excluding hydrogens is 248 g/mol. The van der Waals surface area contributed by atoms with Crippen molar-refractivity contribution in [3.63, 3.8) is 0 Å². The van der Waals surface area contributed by atoms with E-state index >= 15 is 0 Å². The Labute approximate surface area is 91.1 Å². The Morgan fingerprint density at radius 2 is 2.54 bits per heavy atom. The lowest BCUT2D eigenvalue weighted by atomic mass is 10.0. The lowest BCUT2D eigenvalue weighted by molar-refractivity contribution is 0.490. The van der Waals surface area contributed by atoms with Crippen molar-refractivity contribution in [2.45, 2.75) is 25.3 Å². The monoisotopic (exact) mass is 260 g/mol. The van der Waals surface area contributed by atoms with E-state index in [1.807, 2.05) is 6.20 Å². The molecular formula is C9H13BrN2S. The van der Waals surface area contributed by atoms with E-state index in [1.165, 1.54) is 30.9 Å². The first-order valence-electron chi connectivity index (χ1n) is 4.64. The maximum absolute atomic E-state index is 4.36. The number of aromatic nitrogens is 1. The molecule has 4 heteroatoms. The summed E-state index contributed by atoms with van der Waals surface area (Å²) in [5.41, 5.74) is 0. The van der Waals surface area contributed by atoms with Crippen LogP contribution in [0.2, 0.25) is 0 Å². The van der Waals surface area contributed by atoms with Crippen LogP contribution in [0.15, 0.2) is 11.6 Å². The van der Waals surface area contributed by atoms with Crippen LogP contribution in [0.1, 0.15) is 19.3 Å². The van der Waals surface area contributed by atoms with Crippen LogP contribution in [0, 0.1) is 0 Å². The molecule has 1 aliphatic rings. The van der Waals surface area contributed by atoms with Gasteiger partial charge in [-0.15, -0.1) is 11.3 Å². The zero-order chi connectivity index (χ0) is 9.10. The Balaban J connectivity index is 2.11. The highest BCUT2D eigenvalue weighted by molar-refractivity contribution is 9.09. The molecule has 2 heterocycles. The second-order valence-electron chi connectivity index (χ2n) is 3.31. The first-order chi connectivity index (χ1) is 6.42. The summed E-state index contributed by atoms with van der Waals surface area (Å²) < 4.78 is 0. The van der Waals surface area contributed by atoms with Crippen molar-refractivity contribution in [1.29, 1.82) is 0 Å². The molecule has 0 aliphatic carbocycles. The van der Waals surface area contributed by atoms with E-state index in [2.05, 4.69) is 31.2 Å². The van der Waals surface area contributed by atoms with Crippen LogP contribution < -0.4 is 4.90 Å². The molecule has 1 unspecified atom stereocenters. The summed E-state index contributed by atoms with van der Waals surface area (Å²) in [6, 6.07) is 0.653. The fourth-order valence-corrected chi connectivity index (χ4v) is 3.18. The molecule has 1 saturated heterocycles. The zero-order valence-corrected chi connectivity index (χ0v) is 9.85. The van der Waals surface area contributed by atoms with Gasteiger partial charge in [0.1, 0.15) is 0 Å². The molecule has 1 aliphatic heterocycles. The number of thiazole rings is 1.